The van der Waals surface area contributed by atoms with Gasteiger partial charge in [-0.05, 0) is 56.8 Å². The molecule has 4 aliphatic carbocycles. The molecule has 5 atom stereocenters. The zero-order valence-corrected chi connectivity index (χ0v) is 13.9. The SMILES string of the molecule is C[C@]12CCCCC1=CC[C@@H]1C2=CC[C@@]2(C)[C@H]1CC[C@]2(O)C#N. The zero-order chi connectivity index (χ0) is 15.6. The molecule has 2 fully saturated rings. The minimum atomic E-state index is -1.13. The average Bonchev–Trinajstić information content (AvgIpc) is 2.79. The van der Waals surface area contributed by atoms with Crippen molar-refractivity contribution < 1.29 is 5.11 Å². The smallest absolute Gasteiger partial charge is 0.156 e. The second-order valence-electron chi connectivity index (χ2n) is 8.51. The second-order valence-corrected chi connectivity index (χ2v) is 8.51. The molecule has 0 aromatic heterocycles. The molecular formula is C20H27NO. The monoisotopic (exact) mass is 297 g/mol. The first-order valence-corrected chi connectivity index (χ1v) is 8.98. The minimum Gasteiger partial charge on any atom is -0.375 e. The van der Waals surface area contributed by atoms with Gasteiger partial charge in [0.05, 0.1) is 6.07 Å². The molecule has 0 heterocycles. The van der Waals surface area contributed by atoms with Gasteiger partial charge in [-0.3, -0.25) is 0 Å². The van der Waals surface area contributed by atoms with Crippen molar-refractivity contribution in [3.8, 4) is 6.07 Å². The van der Waals surface area contributed by atoms with Gasteiger partial charge in [-0.1, -0.05) is 43.6 Å². The van der Waals surface area contributed by atoms with E-state index in [1.807, 2.05) is 0 Å². The summed E-state index contributed by atoms with van der Waals surface area (Å²) >= 11 is 0. The fraction of sp³-hybridized carbons (Fsp3) is 0.750. The van der Waals surface area contributed by atoms with Gasteiger partial charge in [-0.2, -0.15) is 5.26 Å². The van der Waals surface area contributed by atoms with Crippen LogP contribution in [0.4, 0.5) is 0 Å². The minimum absolute atomic E-state index is 0.258. The Hall–Kier alpha value is -1.07. The van der Waals surface area contributed by atoms with Gasteiger partial charge in [0.1, 0.15) is 0 Å². The Labute approximate surface area is 133 Å². The highest BCUT2D eigenvalue weighted by molar-refractivity contribution is 5.40. The lowest BCUT2D eigenvalue weighted by atomic mass is 9.51. The van der Waals surface area contributed by atoms with Gasteiger partial charge in [-0.25, -0.2) is 0 Å². The van der Waals surface area contributed by atoms with Gasteiger partial charge < -0.3 is 5.11 Å². The summed E-state index contributed by atoms with van der Waals surface area (Å²) in [7, 11) is 0. The highest BCUT2D eigenvalue weighted by atomic mass is 16.3. The number of nitrogens with zero attached hydrogens (tertiary/aromatic N) is 1. The molecule has 4 aliphatic rings. The quantitative estimate of drug-likeness (QED) is 0.528. The molecular weight excluding hydrogens is 270 g/mol. The molecule has 0 aromatic rings. The van der Waals surface area contributed by atoms with E-state index in [9.17, 15) is 10.4 Å². The van der Waals surface area contributed by atoms with Crippen molar-refractivity contribution in [3.05, 3.63) is 23.3 Å². The highest BCUT2D eigenvalue weighted by Gasteiger charge is 2.61. The number of allylic oxidation sites excluding steroid dienone is 4. The summed E-state index contributed by atoms with van der Waals surface area (Å²) in [6.45, 7) is 4.60. The van der Waals surface area contributed by atoms with E-state index in [-0.39, 0.29) is 10.8 Å². The fourth-order valence-corrected chi connectivity index (χ4v) is 6.20. The maximum Gasteiger partial charge on any atom is 0.156 e. The van der Waals surface area contributed by atoms with Crippen LogP contribution in [0, 0.1) is 34.0 Å². The van der Waals surface area contributed by atoms with Crippen molar-refractivity contribution in [1.82, 2.24) is 0 Å². The molecule has 0 spiro atoms. The number of nitriles is 1. The van der Waals surface area contributed by atoms with E-state index in [0.29, 0.717) is 18.3 Å². The Morgan fingerprint density at radius 1 is 1.23 bits per heavy atom. The van der Waals surface area contributed by atoms with Crippen LogP contribution in [-0.2, 0) is 0 Å². The predicted molar refractivity (Wildman–Crippen MR) is 86.9 cm³/mol. The largest absolute Gasteiger partial charge is 0.375 e. The second kappa shape index (κ2) is 4.48. The molecule has 4 rings (SSSR count). The van der Waals surface area contributed by atoms with E-state index >= 15 is 0 Å². The lowest BCUT2D eigenvalue weighted by molar-refractivity contribution is -0.0370. The molecule has 0 aromatic carbocycles. The first-order valence-electron chi connectivity index (χ1n) is 8.98. The Morgan fingerprint density at radius 2 is 2.05 bits per heavy atom. The molecule has 0 unspecified atom stereocenters. The predicted octanol–water partition coefficient (Wildman–Crippen LogP) is 4.51. The molecule has 2 heteroatoms. The number of rotatable bonds is 0. The number of hydrogen-bond donors (Lipinski definition) is 1. The average molecular weight is 297 g/mol. The molecule has 22 heavy (non-hydrogen) atoms. The maximum atomic E-state index is 10.8. The Balaban J connectivity index is 1.77. The Bertz CT molecular complexity index is 612. The molecule has 2 saturated carbocycles. The van der Waals surface area contributed by atoms with Crippen LogP contribution < -0.4 is 0 Å². The van der Waals surface area contributed by atoms with Crippen LogP contribution in [-0.4, -0.2) is 10.7 Å². The molecule has 118 valence electrons. The van der Waals surface area contributed by atoms with Crippen LogP contribution in [0.5, 0.6) is 0 Å². The summed E-state index contributed by atoms with van der Waals surface area (Å²) in [5.74, 6) is 1.02. The third kappa shape index (κ3) is 1.59. The van der Waals surface area contributed by atoms with Crippen LogP contribution >= 0.6 is 0 Å². The molecule has 0 amide bonds. The third-order valence-corrected chi connectivity index (χ3v) is 7.73. The van der Waals surface area contributed by atoms with E-state index in [0.717, 1.165) is 19.3 Å². The summed E-state index contributed by atoms with van der Waals surface area (Å²) in [4.78, 5) is 0. The topological polar surface area (TPSA) is 44.0 Å². The van der Waals surface area contributed by atoms with Crippen molar-refractivity contribution in [3.63, 3.8) is 0 Å². The first-order chi connectivity index (χ1) is 10.4. The van der Waals surface area contributed by atoms with Gasteiger partial charge in [0.25, 0.3) is 0 Å². The Morgan fingerprint density at radius 3 is 2.82 bits per heavy atom. The first kappa shape index (κ1) is 14.5. The highest BCUT2D eigenvalue weighted by Crippen LogP contribution is 2.64. The van der Waals surface area contributed by atoms with Crippen molar-refractivity contribution >= 4 is 0 Å². The van der Waals surface area contributed by atoms with Crippen LogP contribution in [0.1, 0.15) is 65.2 Å². The van der Waals surface area contributed by atoms with Crippen molar-refractivity contribution in [1.29, 1.82) is 5.26 Å². The van der Waals surface area contributed by atoms with E-state index in [1.165, 1.54) is 25.7 Å². The van der Waals surface area contributed by atoms with Crippen LogP contribution in [0.25, 0.3) is 0 Å². The van der Waals surface area contributed by atoms with Crippen molar-refractivity contribution in [2.24, 2.45) is 22.7 Å². The van der Waals surface area contributed by atoms with Crippen molar-refractivity contribution in [2.75, 3.05) is 0 Å². The van der Waals surface area contributed by atoms with Gasteiger partial charge in [0.2, 0.25) is 0 Å². The van der Waals surface area contributed by atoms with Gasteiger partial charge >= 0.3 is 0 Å². The maximum absolute atomic E-state index is 10.8. The zero-order valence-electron chi connectivity index (χ0n) is 13.9. The summed E-state index contributed by atoms with van der Waals surface area (Å²) < 4.78 is 0. The fourth-order valence-electron chi connectivity index (χ4n) is 6.20. The third-order valence-electron chi connectivity index (χ3n) is 7.73. The number of fused-ring (bicyclic) bond motifs is 5. The standard InChI is InChI=1S/C20H27NO/c1-18-10-4-3-5-14(18)6-7-15-16(18)8-11-19(2)17(15)9-12-20(19,22)13-21/h6,8,15,17,22H,3-5,7,9-12H2,1-2H3/t15-,17+,18+,19+,20+/m1/s1. The van der Waals surface area contributed by atoms with E-state index in [2.05, 4.69) is 32.1 Å². The molecule has 0 saturated heterocycles. The van der Waals surface area contributed by atoms with E-state index in [1.54, 1.807) is 11.1 Å². The summed E-state index contributed by atoms with van der Waals surface area (Å²) in [6, 6.07) is 2.25. The van der Waals surface area contributed by atoms with Gasteiger partial charge in [-0.15, -0.1) is 0 Å². The lowest BCUT2D eigenvalue weighted by Crippen LogP contribution is -2.49. The van der Waals surface area contributed by atoms with E-state index < -0.39 is 5.60 Å². The van der Waals surface area contributed by atoms with Crippen LogP contribution in [0.2, 0.25) is 0 Å². The summed E-state index contributed by atoms with van der Waals surface area (Å²) in [5.41, 5.74) is 2.20. The van der Waals surface area contributed by atoms with Gasteiger partial charge in [0.15, 0.2) is 5.60 Å². The van der Waals surface area contributed by atoms with Gasteiger partial charge in [0, 0.05) is 10.8 Å². The Kier molecular flexibility index (Phi) is 2.96. The lowest BCUT2D eigenvalue weighted by Gasteiger charge is -2.53. The molecule has 0 radical (unpaired) electrons. The molecule has 1 N–H and O–H groups in total. The summed E-state index contributed by atoms with van der Waals surface area (Å²) in [6.07, 6.45) is 13.8. The van der Waals surface area contributed by atoms with Crippen molar-refractivity contribution in [2.45, 2.75) is 70.8 Å². The normalized spacial score (nSPS) is 50.1. The number of aliphatic hydroxyl groups is 1. The molecule has 0 aliphatic heterocycles. The van der Waals surface area contributed by atoms with Crippen LogP contribution in [0.15, 0.2) is 23.3 Å². The number of hydrogen-bond acceptors (Lipinski definition) is 2. The van der Waals surface area contributed by atoms with E-state index in [4.69, 9.17) is 0 Å². The molecule has 2 nitrogen and oxygen atoms in total. The summed E-state index contributed by atoms with van der Waals surface area (Å²) in [5, 5.41) is 20.4. The molecule has 0 bridgehead atoms. The van der Waals surface area contributed by atoms with Crippen LogP contribution in [0.3, 0.4) is 0 Å².